The minimum absolute atomic E-state index is 0.555. The molecule has 0 N–H and O–H groups in total. The first-order valence-corrected chi connectivity index (χ1v) is 5.43. The summed E-state index contributed by atoms with van der Waals surface area (Å²) in [5.74, 6) is 2.06. The van der Waals surface area contributed by atoms with Crippen molar-refractivity contribution in [1.29, 1.82) is 0 Å². The van der Waals surface area contributed by atoms with Crippen molar-refractivity contribution in [3.8, 4) is 0 Å². The smallest absolute Gasteiger partial charge is 0.0785 e. The summed E-state index contributed by atoms with van der Waals surface area (Å²) in [4.78, 5) is 0. The van der Waals surface area contributed by atoms with Crippen molar-refractivity contribution in [1.82, 2.24) is 9.78 Å². The first-order chi connectivity index (χ1) is 6.13. The molecule has 0 aliphatic rings. The molecule has 4 heteroatoms. The fraction of sp³-hybridized carbons (Fsp3) is 0.667. The third-order valence-electron chi connectivity index (χ3n) is 2.20. The summed E-state index contributed by atoms with van der Waals surface area (Å²) in [6, 6.07) is 0. The highest BCUT2D eigenvalue weighted by Crippen LogP contribution is 2.15. The van der Waals surface area contributed by atoms with Crippen LogP contribution in [0.15, 0.2) is 12.4 Å². The SMILES string of the molecule is CC(C)C(CS)Cn1cc(Cl)cn1. The Kier molecular flexibility index (Phi) is 4.13. The zero-order valence-corrected chi connectivity index (χ0v) is 9.59. The predicted octanol–water partition coefficient (Wildman–Crippen LogP) is 2.74. The van der Waals surface area contributed by atoms with Gasteiger partial charge in [-0.15, -0.1) is 0 Å². The van der Waals surface area contributed by atoms with E-state index in [1.54, 1.807) is 6.20 Å². The summed E-state index contributed by atoms with van der Waals surface area (Å²) < 4.78 is 1.88. The quantitative estimate of drug-likeness (QED) is 0.770. The third kappa shape index (κ3) is 3.24. The van der Waals surface area contributed by atoms with E-state index in [4.69, 9.17) is 11.6 Å². The van der Waals surface area contributed by atoms with Crippen LogP contribution in [0.2, 0.25) is 5.02 Å². The summed E-state index contributed by atoms with van der Waals surface area (Å²) in [6.45, 7) is 5.30. The van der Waals surface area contributed by atoms with Crippen molar-refractivity contribution in [2.45, 2.75) is 20.4 Å². The number of hydrogen-bond donors (Lipinski definition) is 1. The summed E-state index contributed by atoms with van der Waals surface area (Å²) in [6.07, 6.45) is 3.51. The monoisotopic (exact) mass is 218 g/mol. The molecular weight excluding hydrogens is 204 g/mol. The zero-order chi connectivity index (χ0) is 9.84. The van der Waals surface area contributed by atoms with Gasteiger partial charge in [-0.25, -0.2) is 0 Å². The van der Waals surface area contributed by atoms with E-state index < -0.39 is 0 Å². The molecule has 2 nitrogen and oxygen atoms in total. The molecule has 0 saturated heterocycles. The number of aromatic nitrogens is 2. The number of rotatable bonds is 4. The lowest BCUT2D eigenvalue weighted by atomic mass is 9.98. The van der Waals surface area contributed by atoms with Gasteiger partial charge in [0, 0.05) is 12.7 Å². The van der Waals surface area contributed by atoms with Crippen LogP contribution in [0.5, 0.6) is 0 Å². The second-order valence-corrected chi connectivity index (χ2v) is 4.37. The Labute approximate surface area is 89.7 Å². The van der Waals surface area contributed by atoms with E-state index in [1.807, 2.05) is 10.9 Å². The Morgan fingerprint density at radius 1 is 1.62 bits per heavy atom. The number of halogens is 1. The van der Waals surface area contributed by atoms with Gasteiger partial charge < -0.3 is 0 Å². The van der Waals surface area contributed by atoms with Crippen LogP contribution in [0.1, 0.15) is 13.8 Å². The molecule has 74 valence electrons. The zero-order valence-electron chi connectivity index (χ0n) is 7.94. The Morgan fingerprint density at radius 3 is 2.69 bits per heavy atom. The van der Waals surface area contributed by atoms with Gasteiger partial charge >= 0.3 is 0 Å². The fourth-order valence-electron chi connectivity index (χ4n) is 1.16. The second-order valence-electron chi connectivity index (χ2n) is 3.57. The summed E-state index contributed by atoms with van der Waals surface area (Å²) >= 11 is 10.1. The fourth-order valence-corrected chi connectivity index (χ4v) is 1.85. The number of thiol groups is 1. The van der Waals surface area contributed by atoms with Crippen LogP contribution in [0, 0.1) is 11.8 Å². The molecule has 1 atom stereocenters. The van der Waals surface area contributed by atoms with Gasteiger partial charge in [-0.05, 0) is 17.6 Å². The Balaban J connectivity index is 2.56. The van der Waals surface area contributed by atoms with Crippen molar-refractivity contribution in [3.05, 3.63) is 17.4 Å². The van der Waals surface area contributed by atoms with E-state index in [0.29, 0.717) is 16.9 Å². The van der Waals surface area contributed by atoms with Gasteiger partial charge in [0.1, 0.15) is 0 Å². The average molecular weight is 219 g/mol. The normalized spacial score (nSPS) is 13.6. The van der Waals surface area contributed by atoms with Gasteiger partial charge in [-0.3, -0.25) is 4.68 Å². The predicted molar refractivity (Wildman–Crippen MR) is 59.4 cm³/mol. The summed E-state index contributed by atoms with van der Waals surface area (Å²) in [7, 11) is 0. The van der Waals surface area contributed by atoms with Crippen molar-refractivity contribution in [3.63, 3.8) is 0 Å². The summed E-state index contributed by atoms with van der Waals surface area (Å²) in [5, 5.41) is 4.83. The lowest BCUT2D eigenvalue weighted by Gasteiger charge is -2.17. The first kappa shape index (κ1) is 10.9. The van der Waals surface area contributed by atoms with E-state index in [0.717, 1.165) is 12.3 Å². The molecule has 1 unspecified atom stereocenters. The van der Waals surface area contributed by atoms with Gasteiger partial charge in [0.15, 0.2) is 0 Å². The molecule has 1 aromatic rings. The lowest BCUT2D eigenvalue weighted by molar-refractivity contribution is 0.356. The highest BCUT2D eigenvalue weighted by molar-refractivity contribution is 7.80. The van der Waals surface area contributed by atoms with E-state index in [9.17, 15) is 0 Å². The minimum Gasteiger partial charge on any atom is -0.271 e. The Morgan fingerprint density at radius 2 is 2.31 bits per heavy atom. The molecule has 0 radical (unpaired) electrons. The van der Waals surface area contributed by atoms with Crippen LogP contribution >= 0.6 is 24.2 Å². The first-order valence-electron chi connectivity index (χ1n) is 4.42. The van der Waals surface area contributed by atoms with Crippen LogP contribution in [-0.4, -0.2) is 15.5 Å². The third-order valence-corrected chi connectivity index (χ3v) is 2.86. The lowest BCUT2D eigenvalue weighted by Crippen LogP contribution is -2.18. The van der Waals surface area contributed by atoms with Gasteiger partial charge in [-0.1, -0.05) is 25.4 Å². The molecular formula is C9H15ClN2S. The van der Waals surface area contributed by atoms with E-state index in [2.05, 4.69) is 31.6 Å². The van der Waals surface area contributed by atoms with Gasteiger partial charge in [0.05, 0.1) is 11.2 Å². The van der Waals surface area contributed by atoms with Crippen molar-refractivity contribution in [2.24, 2.45) is 11.8 Å². The molecule has 1 aromatic heterocycles. The minimum atomic E-state index is 0.555. The molecule has 0 aliphatic carbocycles. The van der Waals surface area contributed by atoms with Gasteiger partial charge in [-0.2, -0.15) is 17.7 Å². The van der Waals surface area contributed by atoms with Crippen LogP contribution in [0.3, 0.4) is 0 Å². The topological polar surface area (TPSA) is 17.8 Å². The molecule has 0 aliphatic heterocycles. The van der Waals surface area contributed by atoms with E-state index >= 15 is 0 Å². The van der Waals surface area contributed by atoms with E-state index in [-0.39, 0.29) is 0 Å². The standard InChI is InChI=1S/C9H15ClN2S/c1-7(2)8(6-13)4-12-5-9(10)3-11-12/h3,5,7-8,13H,4,6H2,1-2H3. The molecule has 1 heterocycles. The van der Waals surface area contributed by atoms with Crippen molar-refractivity contribution >= 4 is 24.2 Å². The Bertz CT molecular complexity index is 260. The van der Waals surface area contributed by atoms with Crippen LogP contribution in [0.4, 0.5) is 0 Å². The molecule has 1 rings (SSSR count). The Hall–Kier alpha value is -0.150. The van der Waals surface area contributed by atoms with Crippen LogP contribution in [0.25, 0.3) is 0 Å². The number of hydrogen-bond acceptors (Lipinski definition) is 2. The summed E-state index contributed by atoms with van der Waals surface area (Å²) in [5.41, 5.74) is 0. The maximum atomic E-state index is 5.76. The molecule has 0 saturated carbocycles. The van der Waals surface area contributed by atoms with Gasteiger partial charge in [0.2, 0.25) is 0 Å². The van der Waals surface area contributed by atoms with Crippen molar-refractivity contribution < 1.29 is 0 Å². The molecule has 0 amide bonds. The maximum absolute atomic E-state index is 5.76. The molecule has 0 bridgehead atoms. The maximum Gasteiger partial charge on any atom is 0.0785 e. The molecule has 0 aromatic carbocycles. The highest BCUT2D eigenvalue weighted by atomic mass is 35.5. The highest BCUT2D eigenvalue weighted by Gasteiger charge is 2.12. The van der Waals surface area contributed by atoms with Crippen molar-refractivity contribution in [2.75, 3.05) is 5.75 Å². The van der Waals surface area contributed by atoms with Gasteiger partial charge in [0.25, 0.3) is 0 Å². The van der Waals surface area contributed by atoms with Crippen LogP contribution < -0.4 is 0 Å². The number of nitrogens with zero attached hydrogens (tertiary/aromatic N) is 2. The largest absolute Gasteiger partial charge is 0.271 e. The molecule has 13 heavy (non-hydrogen) atoms. The molecule has 0 fully saturated rings. The molecule has 0 spiro atoms. The average Bonchev–Trinajstić information content (AvgIpc) is 2.46. The second kappa shape index (κ2) is 4.91. The van der Waals surface area contributed by atoms with Crippen LogP contribution in [-0.2, 0) is 6.54 Å². The van der Waals surface area contributed by atoms with E-state index in [1.165, 1.54) is 0 Å².